The number of carbonyl (C=O) groups is 2. The highest BCUT2D eigenvalue weighted by Crippen LogP contribution is 2.48. The number of thioether (sulfide) groups is 1. The van der Waals surface area contributed by atoms with Gasteiger partial charge in [-0.25, -0.2) is 9.07 Å². The highest BCUT2D eigenvalue weighted by Gasteiger charge is 2.40. The van der Waals surface area contributed by atoms with Gasteiger partial charge in [-0.1, -0.05) is 56.6 Å². The van der Waals surface area contributed by atoms with Crippen LogP contribution >= 0.6 is 23.4 Å². The number of hydrogen-bond donors (Lipinski definition) is 1. The highest BCUT2D eigenvalue weighted by atomic mass is 35.5. The molecule has 0 saturated carbocycles. The number of anilines is 1. The standard InChI is InChI=1S/C24H23ClFN3O3S/c1-24(2,3)22-20-21(14-8-10-15(26)11-9-14)33-13-18(30)28(12-19(31)32)23(20)29(27-22)17-7-5-4-6-16(17)25/h4-11,21H,12-13H2,1-3H3,(H,31,32). The van der Waals surface area contributed by atoms with Gasteiger partial charge in [0, 0.05) is 11.0 Å². The summed E-state index contributed by atoms with van der Waals surface area (Å²) in [5, 5.41) is 14.5. The molecular formula is C24H23ClFN3O3S. The van der Waals surface area contributed by atoms with E-state index >= 15 is 0 Å². The van der Waals surface area contributed by atoms with Gasteiger partial charge in [0.05, 0.1) is 27.4 Å². The molecule has 4 rings (SSSR count). The summed E-state index contributed by atoms with van der Waals surface area (Å²) in [5.41, 5.74) is 2.35. The second-order valence-corrected chi connectivity index (χ2v) is 10.3. The van der Waals surface area contributed by atoms with E-state index in [1.54, 1.807) is 41.1 Å². The molecule has 33 heavy (non-hydrogen) atoms. The van der Waals surface area contributed by atoms with E-state index in [0.717, 1.165) is 11.1 Å². The molecule has 172 valence electrons. The summed E-state index contributed by atoms with van der Waals surface area (Å²) >= 11 is 7.87. The van der Waals surface area contributed by atoms with E-state index in [-0.39, 0.29) is 22.7 Å². The van der Waals surface area contributed by atoms with Gasteiger partial charge < -0.3 is 5.11 Å². The first-order valence-corrected chi connectivity index (χ1v) is 11.8. The molecule has 1 N–H and O–H groups in total. The Morgan fingerprint density at radius 1 is 1.21 bits per heavy atom. The van der Waals surface area contributed by atoms with E-state index in [0.29, 0.717) is 22.2 Å². The van der Waals surface area contributed by atoms with Gasteiger partial charge >= 0.3 is 5.97 Å². The van der Waals surface area contributed by atoms with E-state index in [9.17, 15) is 19.1 Å². The Hall–Kier alpha value is -2.84. The number of para-hydroxylation sites is 1. The summed E-state index contributed by atoms with van der Waals surface area (Å²) in [5.74, 6) is -1.40. The molecule has 1 unspecified atom stereocenters. The number of aromatic nitrogens is 2. The van der Waals surface area contributed by atoms with E-state index in [1.165, 1.54) is 28.8 Å². The van der Waals surface area contributed by atoms with Crippen molar-refractivity contribution in [2.45, 2.75) is 31.4 Å². The number of carboxylic acid groups (broad SMARTS) is 1. The fourth-order valence-corrected chi connectivity index (χ4v) is 5.31. The molecule has 1 aliphatic heterocycles. The second kappa shape index (κ2) is 8.83. The second-order valence-electron chi connectivity index (χ2n) is 8.82. The van der Waals surface area contributed by atoms with Crippen LogP contribution in [0.25, 0.3) is 5.69 Å². The minimum atomic E-state index is -1.14. The maximum Gasteiger partial charge on any atom is 0.323 e. The van der Waals surface area contributed by atoms with Crippen molar-refractivity contribution in [2.75, 3.05) is 17.2 Å². The predicted molar refractivity (Wildman–Crippen MR) is 128 cm³/mol. The Labute approximate surface area is 200 Å². The lowest BCUT2D eigenvalue weighted by Crippen LogP contribution is -2.38. The van der Waals surface area contributed by atoms with E-state index in [4.69, 9.17) is 16.7 Å². The van der Waals surface area contributed by atoms with Crippen molar-refractivity contribution >= 4 is 41.1 Å². The summed E-state index contributed by atoms with van der Waals surface area (Å²) in [6.07, 6.45) is 0. The zero-order chi connectivity index (χ0) is 23.9. The van der Waals surface area contributed by atoms with Crippen molar-refractivity contribution < 1.29 is 19.1 Å². The summed E-state index contributed by atoms with van der Waals surface area (Å²) in [7, 11) is 0. The molecule has 6 nitrogen and oxygen atoms in total. The Morgan fingerprint density at radius 3 is 2.48 bits per heavy atom. The number of carbonyl (C=O) groups excluding carboxylic acids is 1. The van der Waals surface area contributed by atoms with E-state index in [1.807, 2.05) is 20.8 Å². The number of nitrogens with zero attached hydrogens (tertiary/aromatic N) is 3. The minimum Gasteiger partial charge on any atom is -0.480 e. The van der Waals surface area contributed by atoms with Crippen LogP contribution in [-0.2, 0) is 15.0 Å². The fraction of sp³-hybridized carbons (Fsp3) is 0.292. The normalized spacial score (nSPS) is 16.5. The van der Waals surface area contributed by atoms with Crippen LogP contribution < -0.4 is 4.90 Å². The lowest BCUT2D eigenvalue weighted by Gasteiger charge is -2.24. The Balaban J connectivity index is 2.08. The summed E-state index contributed by atoms with van der Waals surface area (Å²) in [6.45, 7) is 5.51. The largest absolute Gasteiger partial charge is 0.480 e. The van der Waals surface area contributed by atoms with Crippen LogP contribution in [-0.4, -0.2) is 39.1 Å². The molecule has 1 aromatic heterocycles. The predicted octanol–water partition coefficient (Wildman–Crippen LogP) is 5.22. The van der Waals surface area contributed by atoms with Gasteiger partial charge in [0.25, 0.3) is 0 Å². The van der Waals surface area contributed by atoms with Gasteiger partial charge in [-0.05, 0) is 29.8 Å². The number of benzene rings is 2. The van der Waals surface area contributed by atoms with E-state index < -0.39 is 17.9 Å². The quantitative estimate of drug-likeness (QED) is 0.546. The third kappa shape index (κ3) is 4.50. The number of amides is 1. The van der Waals surface area contributed by atoms with Crippen molar-refractivity contribution in [1.29, 1.82) is 0 Å². The van der Waals surface area contributed by atoms with Crippen LogP contribution in [0.3, 0.4) is 0 Å². The maximum absolute atomic E-state index is 13.7. The van der Waals surface area contributed by atoms with Crippen LogP contribution in [0.4, 0.5) is 10.2 Å². The first-order chi connectivity index (χ1) is 15.6. The number of fused-ring (bicyclic) bond motifs is 1. The number of rotatable bonds is 4. The molecule has 3 aromatic rings. The average molecular weight is 488 g/mol. The van der Waals surface area contributed by atoms with Crippen molar-refractivity contribution in [3.63, 3.8) is 0 Å². The van der Waals surface area contributed by atoms with Crippen molar-refractivity contribution in [2.24, 2.45) is 0 Å². The maximum atomic E-state index is 13.7. The Kier molecular flexibility index (Phi) is 6.24. The third-order valence-electron chi connectivity index (χ3n) is 5.35. The smallest absolute Gasteiger partial charge is 0.323 e. The molecule has 1 atom stereocenters. The molecule has 0 bridgehead atoms. The fourth-order valence-electron chi connectivity index (χ4n) is 3.90. The molecule has 9 heteroatoms. The zero-order valence-corrected chi connectivity index (χ0v) is 20.0. The lowest BCUT2D eigenvalue weighted by molar-refractivity contribution is -0.136. The van der Waals surface area contributed by atoms with Gasteiger partial charge in [-0.3, -0.25) is 14.5 Å². The average Bonchev–Trinajstić information content (AvgIpc) is 3.08. The minimum absolute atomic E-state index is 0.0656. The number of hydrogen-bond acceptors (Lipinski definition) is 4. The Morgan fingerprint density at radius 2 is 1.88 bits per heavy atom. The van der Waals surface area contributed by atoms with Crippen molar-refractivity contribution in [3.8, 4) is 5.69 Å². The lowest BCUT2D eigenvalue weighted by atomic mass is 9.87. The Bertz CT molecular complexity index is 1220. The molecule has 2 heterocycles. The molecule has 2 aromatic carbocycles. The van der Waals surface area contributed by atoms with Crippen LogP contribution in [0.5, 0.6) is 0 Å². The number of carboxylic acids is 1. The molecule has 0 saturated heterocycles. The SMILES string of the molecule is CC(C)(C)c1nn(-c2ccccc2Cl)c2c1C(c1ccc(F)cc1)SCC(=O)N2CC(=O)O. The first kappa shape index (κ1) is 23.3. The van der Waals surface area contributed by atoms with Crippen LogP contribution in [0.1, 0.15) is 42.8 Å². The first-order valence-electron chi connectivity index (χ1n) is 10.4. The monoisotopic (exact) mass is 487 g/mol. The molecule has 0 radical (unpaired) electrons. The molecule has 0 aliphatic carbocycles. The molecule has 0 spiro atoms. The summed E-state index contributed by atoms with van der Waals surface area (Å²) < 4.78 is 15.2. The van der Waals surface area contributed by atoms with Gasteiger partial charge in [0.2, 0.25) is 5.91 Å². The van der Waals surface area contributed by atoms with Gasteiger partial charge in [0.15, 0.2) is 0 Å². The van der Waals surface area contributed by atoms with Crippen molar-refractivity contribution in [3.05, 3.63) is 76.2 Å². The topological polar surface area (TPSA) is 75.4 Å². The van der Waals surface area contributed by atoms with E-state index in [2.05, 4.69) is 0 Å². The summed E-state index contributed by atoms with van der Waals surface area (Å²) in [4.78, 5) is 26.2. The van der Waals surface area contributed by atoms with Crippen LogP contribution in [0, 0.1) is 5.82 Å². The number of halogens is 2. The van der Waals surface area contributed by atoms with Gasteiger partial charge in [-0.15, -0.1) is 11.8 Å². The highest BCUT2D eigenvalue weighted by molar-refractivity contribution is 8.00. The van der Waals surface area contributed by atoms with Gasteiger partial charge in [-0.2, -0.15) is 5.10 Å². The molecular weight excluding hydrogens is 465 g/mol. The zero-order valence-electron chi connectivity index (χ0n) is 18.4. The number of aliphatic carboxylic acids is 1. The van der Waals surface area contributed by atoms with Crippen molar-refractivity contribution in [1.82, 2.24) is 9.78 Å². The third-order valence-corrected chi connectivity index (χ3v) is 6.92. The van der Waals surface area contributed by atoms with Gasteiger partial charge in [0.1, 0.15) is 18.2 Å². The molecule has 0 fully saturated rings. The molecule has 1 amide bonds. The van der Waals surface area contributed by atoms with Crippen LogP contribution in [0.15, 0.2) is 48.5 Å². The van der Waals surface area contributed by atoms with Crippen LogP contribution in [0.2, 0.25) is 5.02 Å². The summed E-state index contributed by atoms with van der Waals surface area (Å²) in [6, 6.07) is 13.2. The molecule has 1 aliphatic rings.